The first-order valence-electron chi connectivity index (χ1n) is 21.0. The van der Waals surface area contributed by atoms with Crippen LogP contribution in [0.2, 0.25) is 0 Å². The number of carbonyl (C=O) groups is 2. The number of carboxylic acid groups (broad SMARTS) is 1. The average molecular weight is 811 g/mol. The summed E-state index contributed by atoms with van der Waals surface area (Å²) in [4.78, 5) is 28.1. The molecule has 6 fully saturated rings. The molecule has 0 amide bonds. The van der Waals surface area contributed by atoms with E-state index in [9.17, 15) is 55.5 Å². The lowest BCUT2D eigenvalue weighted by Crippen LogP contribution is -2.67. The molecule has 2 aliphatic heterocycles. The molecule has 15 heteroatoms. The zero-order valence-electron chi connectivity index (χ0n) is 34.1. The molecule has 19 atom stereocenters. The van der Waals surface area contributed by atoms with Crippen LogP contribution in [0.5, 0.6) is 0 Å². The van der Waals surface area contributed by atoms with E-state index >= 15 is 0 Å². The summed E-state index contributed by atoms with van der Waals surface area (Å²) < 4.78 is 23.5. The molecule has 57 heavy (non-hydrogen) atoms. The zero-order valence-corrected chi connectivity index (χ0v) is 34.1. The van der Waals surface area contributed by atoms with Gasteiger partial charge in [-0.3, -0.25) is 9.59 Å². The second-order valence-corrected chi connectivity index (χ2v) is 20.4. The maximum atomic E-state index is 14.6. The molecule has 0 bridgehead atoms. The SMILES string of the molecule is CC1(C)CC[C@]2(C(=O)O[C@@H]3O[C@H](CO)[C@@H](O)[C@H](O)[C@H]3O)CC[C@]3(C)C(=CC[C@@H]4[C@@]5(C)CC[C@H](O[C@@H]6O[C@H](CO)[C@@H](O)[C@H](O)[C@H]6O)C(C)(C(=O)O)[C@@H]5CC[C@]43C)[C@@H]2C1. The fourth-order valence-corrected chi connectivity index (χ4v) is 13.5. The third-order valence-electron chi connectivity index (χ3n) is 17.3. The number of aliphatic hydroxyl groups is 8. The first-order valence-corrected chi connectivity index (χ1v) is 21.0. The van der Waals surface area contributed by atoms with Crippen molar-refractivity contribution in [3.05, 3.63) is 11.6 Å². The Morgan fingerprint density at radius 2 is 1.30 bits per heavy atom. The van der Waals surface area contributed by atoms with Gasteiger partial charge in [-0.2, -0.15) is 0 Å². The fourth-order valence-electron chi connectivity index (χ4n) is 13.5. The Hall–Kier alpha value is -1.76. The molecule has 5 aliphatic carbocycles. The van der Waals surface area contributed by atoms with E-state index in [1.165, 1.54) is 5.57 Å². The van der Waals surface area contributed by atoms with Crippen molar-refractivity contribution in [3.63, 3.8) is 0 Å². The van der Waals surface area contributed by atoms with Crippen molar-refractivity contribution in [3.8, 4) is 0 Å². The van der Waals surface area contributed by atoms with E-state index in [1.54, 1.807) is 6.92 Å². The van der Waals surface area contributed by atoms with Gasteiger partial charge < -0.3 is 64.9 Å². The monoisotopic (exact) mass is 810 g/mol. The quantitative estimate of drug-likeness (QED) is 0.100. The smallest absolute Gasteiger partial charge is 0.315 e. The van der Waals surface area contributed by atoms with E-state index in [0.29, 0.717) is 44.9 Å². The summed E-state index contributed by atoms with van der Waals surface area (Å²) in [6.07, 6.45) is -7.58. The van der Waals surface area contributed by atoms with Gasteiger partial charge in [0.25, 0.3) is 0 Å². The molecule has 2 heterocycles. The average Bonchev–Trinajstić information content (AvgIpc) is 3.16. The standard InChI is InChI=1S/C42H66O15/c1-37(2)13-15-42(36(53)57-34-32(50)30(48)28(46)23(19-44)55-34)16-14-39(4)20(21(42)17-37)7-8-24-38(3)11-10-26(41(6,35(51)52)25(38)9-12-40(24,39)5)56-33-31(49)29(47)27(45)22(18-43)54-33/h7,21-34,43-50H,8-19H2,1-6H3,(H,51,52)/t21-,22+,23+,24+,25+,26-,27+,28+,29-,30-,31+,32+,33-,34-,38+,39+,40+,41?,42-/m0/s1. The summed E-state index contributed by atoms with van der Waals surface area (Å²) in [7, 11) is 0. The topological polar surface area (TPSA) is 253 Å². The number of allylic oxidation sites excluding steroid dienone is 2. The van der Waals surface area contributed by atoms with Gasteiger partial charge in [-0.15, -0.1) is 0 Å². The first-order chi connectivity index (χ1) is 26.6. The number of carbonyl (C=O) groups excluding carboxylic acids is 1. The zero-order chi connectivity index (χ0) is 41.8. The third kappa shape index (κ3) is 6.30. The fraction of sp³-hybridized carbons (Fsp3) is 0.905. The van der Waals surface area contributed by atoms with Gasteiger partial charge in [0, 0.05) is 0 Å². The Balaban J connectivity index is 1.19. The summed E-state index contributed by atoms with van der Waals surface area (Å²) in [6, 6.07) is 0. The maximum Gasteiger partial charge on any atom is 0.315 e. The second kappa shape index (κ2) is 14.7. The first kappa shape index (κ1) is 43.3. The minimum absolute atomic E-state index is 0.0783. The number of hydrogen-bond acceptors (Lipinski definition) is 14. The van der Waals surface area contributed by atoms with Crippen LogP contribution < -0.4 is 0 Å². The highest BCUT2D eigenvalue weighted by atomic mass is 16.7. The lowest BCUT2D eigenvalue weighted by Gasteiger charge is -2.71. The summed E-state index contributed by atoms with van der Waals surface area (Å²) in [6.45, 7) is 11.7. The van der Waals surface area contributed by atoms with Crippen molar-refractivity contribution in [2.75, 3.05) is 13.2 Å². The number of aliphatic hydroxyl groups excluding tert-OH is 8. The number of esters is 1. The molecule has 0 radical (unpaired) electrons. The van der Waals surface area contributed by atoms with Crippen molar-refractivity contribution in [2.45, 2.75) is 173 Å². The molecule has 7 rings (SSSR count). The van der Waals surface area contributed by atoms with Crippen LogP contribution in [0.15, 0.2) is 11.6 Å². The van der Waals surface area contributed by atoms with E-state index in [4.69, 9.17) is 18.9 Å². The number of rotatable bonds is 7. The van der Waals surface area contributed by atoms with Crippen molar-refractivity contribution >= 4 is 11.9 Å². The van der Waals surface area contributed by atoms with Gasteiger partial charge in [0.05, 0.1) is 30.1 Å². The Morgan fingerprint density at radius 1 is 0.719 bits per heavy atom. The predicted molar refractivity (Wildman–Crippen MR) is 200 cm³/mol. The molecule has 1 unspecified atom stereocenters. The van der Waals surface area contributed by atoms with E-state index in [1.807, 2.05) is 0 Å². The van der Waals surface area contributed by atoms with E-state index in [-0.39, 0.29) is 34.0 Å². The van der Waals surface area contributed by atoms with Crippen molar-refractivity contribution in [1.82, 2.24) is 0 Å². The lowest BCUT2D eigenvalue weighted by atomic mass is 9.33. The van der Waals surface area contributed by atoms with Gasteiger partial charge in [0.15, 0.2) is 6.29 Å². The van der Waals surface area contributed by atoms with Crippen molar-refractivity contribution < 1.29 is 74.5 Å². The molecular formula is C42H66O15. The summed E-state index contributed by atoms with van der Waals surface area (Å²) in [5, 5.41) is 93.7. The molecule has 0 aromatic heterocycles. The Bertz CT molecular complexity index is 1580. The number of aliphatic carboxylic acids is 1. The van der Waals surface area contributed by atoms with Crippen LogP contribution in [0, 0.1) is 50.2 Å². The van der Waals surface area contributed by atoms with Gasteiger partial charge in [-0.05, 0) is 111 Å². The van der Waals surface area contributed by atoms with Crippen LogP contribution in [0.1, 0.15) is 106 Å². The van der Waals surface area contributed by atoms with Crippen LogP contribution in [0.4, 0.5) is 0 Å². The predicted octanol–water partition coefficient (Wildman–Crippen LogP) is 1.38. The lowest BCUT2D eigenvalue weighted by molar-refractivity contribution is -0.329. The Kier molecular flexibility index (Phi) is 11.2. The molecule has 0 spiro atoms. The van der Waals surface area contributed by atoms with Gasteiger partial charge in [-0.1, -0.05) is 46.3 Å². The summed E-state index contributed by atoms with van der Waals surface area (Å²) in [5.41, 5.74) is -2.26. The van der Waals surface area contributed by atoms with Crippen LogP contribution in [0.3, 0.4) is 0 Å². The minimum atomic E-state index is -1.70. The summed E-state index contributed by atoms with van der Waals surface area (Å²) >= 11 is 0. The second-order valence-electron chi connectivity index (χ2n) is 20.4. The highest BCUT2D eigenvalue weighted by molar-refractivity contribution is 5.79. The third-order valence-corrected chi connectivity index (χ3v) is 17.3. The molecule has 0 aromatic rings. The Labute approximate surface area is 334 Å². The summed E-state index contributed by atoms with van der Waals surface area (Å²) in [5.74, 6) is -1.98. The van der Waals surface area contributed by atoms with Gasteiger partial charge in [0.1, 0.15) is 48.8 Å². The molecule has 15 nitrogen and oxygen atoms in total. The molecule has 7 aliphatic rings. The highest BCUT2D eigenvalue weighted by Crippen LogP contribution is 2.76. The molecule has 0 aromatic carbocycles. The van der Waals surface area contributed by atoms with Crippen molar-refractivity contribution in [2.24, 2.45) is 50.2 Å². The molecule has 2 saturated heterocycles. The minimum Gasteiger partial charge on any atom is -0.481 e. The van der Waals surface area contributed by atoms with Crippen molar-refractivity contribution in [1.29, 1.82) is 0 Å². The van der Waals surface area contributed by atoms with Gasteiger partial charge in [-0.25, -0.2) is 0 Å². The molecule has 324 valence electrons. The molecule has 4 saturated carbocycles. The maximum absolute atomic E-state index is 14.6. The van der Waals surface area contributed by atoms with Crippen LogP contribution in [-0.2, 0) is 28.5 Å². The van der Waals surface area contributed by atoms with Gasteiger partial charge in [0.2, 0.25) is 6.29 Å². The van der Waals surface area contributed by atoms with E-state index < -0.39 is 109 Å². The molecule has 9 N–H and O–H groups in total. The van der Waals surface area contributed by atoms with Crippen LogP contribution in [-0.4, -0.2) is 139 Å². The van der Waals surface area contributed by atoms with E-state index in [0.717, 1.165) is 19.3 Å². The largest absolute Gasteiger partial charge is 0.481 e. The number of fused-ring (bicyclic) bond motifs is 7. The highest BCUT2D eigenvalue weighted by Gasteiger charge is 2.71. The normalized spacial score (nSPS) is 53.3. The molecular weight excluding hydrogens is 744 g/mol. The number of ether oxygens (including phenoxy) is 4. The number of carboxylic acids is 1. The number of hydrogen-bond donors (Lipinski definition) is 9. The van der Waals surface area contributed by atoms with Crippen LogP contribution >= 0.6 is 0 Å². The van der Waals surface area contributed by atoms with Crippen LogP contribution in [0.25, 0.3) is 0 Å². The van der Waals surface area contributed by atoms with Gasteiger partial charge >= 0.3 is 11.9 Å². The Morgan fingerprint density at radius 3 is 1.89 bits per heavy atom. The van der Waals surface area contributed by atoms with E-state index in [2.05, 4.69) is 40.7 Å².